The molecular formula is C15H21ClN4O3. The van der Waals surface area contributed by atoms with Crippen LogP contribution in [0, 0.1) is 28.9 Å². The Hall–Kier alpha value is -1.86. The molecule has 1 aromatic rings. The maximum atomic E-state index is 12.7. The Labute approximate surface area is 140 Å². The first-order chi connectivity index (χ1) is 10.4. The van der Waals surface area contributed by atoms with Gasteiger partial charge in [-0.3, -0.25) is 14.9 Å². The van der Waals surface area contributed by atoms with E-state index >= 15 is 0 Å². The second kappa shape index (κ2) is 6.33. The zero-order chi connectivity index (χ0) is 16.0. The average molecular weight is 341 g/mol. The summed E-state index contributed by atoms with van der Waals surface area (Å²) in [5, 5.41) is 11.1. The maximum Gasteiger partial charge on any atom is 0.293 e. The van der Waals surface area contributed by atoms with Crippen LogP contribution in [-0.2, 0) is 0 Å². The van der Waals surface area contributed by atoms with Gasteiger partial charge in [-0.25, -0.2) is 0 Å². The standard InChI is InChI=1S/C15H20N4O3.ClH/c1-8-4-10(14(17)13(5-8)19(21)22)15(20)18-6-9-2-3-12(16)11(9)7-18;/h4-5,9,11-12H,2-3,6-7,16-17H2,1H3;1H. The molecule has 126 valence electrons. The van der Waals surface area contributed by atoms with Gasteiger partial charge in [0.1, 0.15) is 5.69 Å². The Morgan fingerprint density at radius 2 is 2.04 bits per heavy atom. The van der Waals surface area contributed by atoms with Crippen LogP contribution in [0.25, 0.3) is 0 Å². The molecule has 1 aliphatic carbocycles. The van der Waals surface area contributed by atoms with Crippen molar-refractivity contribution in [3.63, 3.8) is 0 Å². The third-order valence-corrected chi connectivity index (χ3v) is 4.93. The highest BCUT2D eigenvalue weighted by molar-refractivity contribution is 6.01. The highest BCUT2D eigenvalue weighted by atomic mass is 35.5. The third kappa shape index (κ3) is 2.98. The van der Waals surface area contributed by atoms with Gasteiger partial charge in [0.15, 0.2) is 0 Å². The fraction of sp³-hybridized carbons (Fsp3) is 0.533. The summed E-state index contributed by atoms with van der Waals surface area (Å²) in [4.78, 5) is 25.0. The minimum Gasteiger partial charge on any atom is -0.393 e. The van der Waals surface area contributed by atoms with Crippen molar-refractivity contribution < 1.29 is 9.72 Å². The van der Waals surface area contributed by atoms with Crippen LogP contribution in [0.3, 0.4) is 0 Å². The molecule has 0 spiro atoms. The van der Waals surface area contributed by atoms with Crippen LogP contribution in [0.2, 0.25) is 0 Å². The Balaban J connectivity index is 0.00000192. The lowest BCUT2D eigenvalue weighted by Gasteiger charge is -2.20. The SMILES string of the molecule is Cc1cc(C(=O)N2CC3CCC(N)C3C2)c(N)c([N+](=O)[O-])c1.Cl. The number of fused-ring (bicyclic) bond motifs is 1. The van der Waals surface area contributed by atoms with E-state index in [1.165, 1.54) is 6.07 Å². The molecule has 1 heterocycles. The van der Waals surface area contributed by atoms with Crippen LogP contribution in [0.4, 0.5) is 11.4 Å². The topological polar surface area (TPSA) is 115 Å². The zero-order valence-electron chi connectivity index (χ0n) is 12.9. The summed E-state index contributed by atoms with van der Waals surface area (Å²) in [6.45, 7) is 3.00. The minimum absolute atomic E-state index is 0. The summed E-state index contributed by atoms with van der Waals surface area (Å²) in [5.74, 6) is 0.552. The predicted molar refractivity (Wildman–Crippen MR) is 89.6 cm³/mol. The summed E-state index contributed by atoms with van der Waals surface area (Å²) in [7, 11) is 0. The normalized spacial score (nSPS) is 25.8. The number of aryl methyl sites for hydroxylation is 1. The number of carbonyl (C=O) groups is 1. The second-order valence-corrected chi connectivity index (χ2v) is 6.38. The molecule has 1 saturated carbocycles. The van der Waals surface area contributed by atoms with Crippen molar-refractivity contribution in [2.45, 2.75) is 25.8 Å². The number of nitrogen functional groups attached to an aromatic ring is 1. The van der Waals surface area contributed by atoms with E-state index in [9.17, 15) is 14.9 Å². The third-order valence-electron chi connectivity index (χ3n) is 4.93. The first-order valence-corrected chi connectivity index (χ1v) is 7.48. The zero-order valence-corrected chi connectivity index (χ0v) is 13.7. The van der Waals surface area contributed by atoms with Crippen molar-refractivity contribution in [1.29, 1.82) is 0 Å². The number of rotatable bonds is 2. The van der Waals surface area contributed by atoms with Gasteiger partial charge in [0.05, 0.1) is 10.5 Å². The largest absolute Gasteiger partial charge is 0.393 e. The number of benzene rings is 1. The van der Waals surface area contributed by atoms with Crippen molar-refractivity contribution in [3.8, 4) is 0 Å². The highest BCUT2D eigenvalue weighted by Gasteiger charge is 2.43. The maximum absolute atomic E-state index is 12.7. The summed E-state index contributed by atoms with van der Waals surface area (Å²) in [6.07, 6.45) is 2.05. The number of nitrogens with two attached hydrogens (primary N) is 2. The monoisotopic (exact) mass is 340 g/mol. The number of halogens is 1. The highest BCUT2D eigenvalue weighted by Crippen LogP contribution is 2.38. The molecule has 23 heavy (non-hydrogen) atoms. The van der Waals surface area contributed by atoms with Crippen LogP contribution in [-0.4, -0.2) is 34.9 Å². The molecule has 1 aliphatic heterocycles. The second-order valence-electron chi connectivity index (χ2n) is 6.38. The Morgan fingerprint density at radius 3 is 2.65 bits per heavy atom. The van der Waals surface area contributed by atoms with Gasteiger partial charge in [-0.05, 0) is 43.2 Å². The lowest BCUT2D eigenvalue weighted by Crippen LogP contribution is -2.34. The van der Waals surface area contributed by atoms with Gasteiger partial charge >= 0.3 is 0 Å². The molecule has 3 rings (SSSR count). The molecule has 7 nitrogen and oxygen atoms in total. The molecule has 3 unspecified atom stereocenters. The van der Waals surface area contributed by atoms with Crippen molar-refractivity contribution in [2.75, 3.05) is 18.8 Å². The van der Waals surface area contributed by atoms with Gasteiger partial charge in [-0.2, -0.15) is 0 Å². The summed E-state index contributed by atoms with van der Waals surface area (Å²) in [6, 6.07) is 3.16. The number of amides is 1. The van der Waals surface area contributed by atoms with Crippen LogP contribution >= 0.6 is 12.4 Å². The quantitative estimate of drug-likeness (QED) is 0.483. The van der Waals surface area contributed by atoms with Gasteiger partial charge in [-0.1, -0.05) is 0 Å². The average Bonchev–Trinajstić information content (AvgIpc) is 3.02. The van der Waals surface area contributed by atoms with Crippen molar-refractivity contribution in [2.24, 2.45) is 17.6 Å². The van der Waals surface area contributed by atoms with E-state index in [0.717, 1.165) is 12.8 Å². The molecule has 8 heteroatoms. The van der Waals surface area contributed by atoms with Crippen molar-refractivity contribution in [1.82, 2.24) is 4.90 Å². The predicted octanol–water partition coefficient (Wildman–Crippen LogP) is 1.72. The van der Waals surface area contributed by atoms with E-state index in [4.69, 9.17) is 11.5 Å². The van der Waals surface area contributed by atoms with Gasteiger partial charge < -0.3 is 16.4 Å². The van der Waals surface area contributed by atoms with E-state index in [-0.39, 0.29) is 41.3 Å². The number of likely N-dealkylation sites (tertiary alicyclic amines) is 1. The van der Waals surface area contributed by atoms with Crippen LogP contribution in [0.15, 0.2) is 12.1 Å². The molecule has 2 fully saturated rings. The van der Waals surface area contributed by atoms with Crippen LogP contribution in [0.1, 0.15) is 28.8 Å². The van der Waals surface area contributed by atoms with Gasteiger partial charge in [-0.15, -0.1) is 12.4 Å². The smallest absolute Gasteiger partial charge is 0.293 e. The summed E-state index contributed by atoms with van der Waals surface area (Å²) >= 11 is 0. The number of nitro groups is 1. The lowest BCUT2D eigenvalue weighted by atomic mass is 9.98. The molecular weight excluding hydrogens is 320 g/mol. The Kier molecular flexibility index (Phi) is 4.81. The van der Waals surface area contributed by atoms with Crippen LogP contribution < -0.4 is 11.5 Å². The number of carbonyl (C=O) groups excluding carboxylic acids is 1. The number of nitrogens with zero attached hydrogens (tertiary/aromatic N) is 2. The molecule has 0 bridgehead atoms. The molecule has 1 aromatic carbocycles. The Morgan fingerprint density at radius 1 is 1.35 bits per heavy atom. The van der Waals surface area contributed by atoms with Crippen LogP contribution in [0.5, 0.6) is 0 Å². The molecule has 0 aromatic heterocycles. The van der Waals surface area contributed by atoms with Gasteiger partial charge in [0.2, 0.25) is 0 Å². The molecule has 2 aliphatic rings. The van der Waals surface area contributed by atoms with E-state index in [1.807, 2.05) is 0 Å². The molecule has 1 amide bonds. The van der Waals surface area contributed by atoms with Gasteiger partial charge in [0.25, 0.3) is 11.6 Å². The Bertz CT molecular complexity index is 652. The number of hydrogen-bond donors (Lipinski definition) is 2. The fourth-order valence-corrected chi connectivity index (χ4v) is 3.75. The molecule has 1 saturated heterocycles. The van der Waals surface area contributed by atoms with Crippen molar-refractivity contribution in [3.05, 3.63) is 33.4 Å². The number of nitro benzene ring substituents is 1. The molecule has 0 radical (unpaired) electrons. The van der Waals surface area contributed by atoms with E-state index in [0.29, 0.717) is 30.5 Å². The number of hydrogen-bond acceptors (Lipinski definition) is 5. The first-order valence-electron chi connectivity index (χ1n) is 7.48. The molecule has 3 atom stereocenters. The lowest BCUT2D eigenvalue weighted by molar-refractivity contribution is -0.384. The fourth-order valence-electron chi connectivity index (χ4n) is 3.75. The minimum atomic E-state index is -0.548. The summed E-state index contributed by atoms with van der Waals surface area (Å²) < 4.78 is 0. The van der Waals surface area contributed by atoms with Crippen molar-refractivity contribution >= 4 is 29.7 Å². The van der Waals surface area contributed by atoms with E-state index in [1.54, 1.807) is 17.9 Å². The number of anilines is 1. The molecule has 4 N–H and O–H groups in total. The van der Waals surface area contributed by atoms with E-state index < -0.39 is 4.92 Å². The van der Waals surface area contributed by atoms with Gasteiger partial charge in [0, 0.05) is 25.2 Å². The summed E-state index contributed by atoms with van der Waals surface area (Å²) in [5.41, 5.74) is 12.6. The van der Waals surface area contributed by atoms with E-state index in [2.05, 4.69) is 0 Å². The first kappa shape index (κ1) is 17.5.